The number of methoxy groups -OCH3 is 1. The Bertz CT molecular complexity index is 1670. The van der Waals surface area contributed by atoms with Gasteiger partial charge in [-0.1, -0.05) is 54.6 Å². The molecule has 2 aliphatic heterocycles. The highest BCUT2D eigenvalue weighted by molar-refractivity contribution is 6.22. The molecule has 0 aromatic heterocycles. The van der Waals surface area contributed by atoms with E-state index < -0.39 is 30.3 Å². The molecule has 0 N–H and O–H groups in total. The van der Waals surface area contributed by atoms with Crippen molar-refractivity contribution in [3.8, 4) is 5.75 Å². The summed E-state index contributed by atoms with van der Waals surface area (Å²) in [6, 6.07) is 29.7. The number of hydrogen-bond donors (Lipinski definition) is 0. The van der Waals surface area contributed by atoms with Crippen molar-refractivity contribution < 1.29 is 23.9 Å². The highest BCUT2D eigenvalue weighted by Crippen LogP contribution is 2.43. The molecule has 2 atom stereocenters. The molecule has 4 amide bonds. The number of anilines is 2. The number of carbonyl (C=O) groups excluding carboxylic acids is 4. The van der Waals surface area contributed by atoms with Crippen molar-refractivity contribution in [2.75, 3.05) is 23.5 Å². The predicted octanol–water partition coefficient (Wildman–Crippen LogP) is 5.50. The van der Waals surface area contributed by atoms with Gasteiger partial charge in [-0.3, -0.25) is 24.1 Å². The SMILES string of the molecule is COc1cccc(C(=O)N2c3ccccc3[C@H](N(C(=O)CN3C(=O)c4ccccc4C3=O)c3ccccc3)C[C@H]2C)c1. The average Bonchev–Trinajstić information content (AvgIpc) is 3.26. The number of carbonyl (C=O) groups is 4. The minimum absolute atomic E-state index is 0.170. The van der Waals surface area contributed by atoms with Crippen molar-refractivity contribution in [3.05, 3.63) is 125 Å². The molecular weight excluding hydrogens is 530 g/mol. The van der Waals surface area contributed by atoms with E-state index in [2.05, 4.69) is 0 Å². The number of rotatable bonds is 6. The van der Waals surface area contributed by atoms with Crippen molar-refractivity contribution in [3.63, 3.8) is 0 Å². The van der Waals surface area contributed by atoms with Crippen LogP contribution in [-0.2, 0) is 4.79 Å². The fourth-order valence-corrected chi connectivity index (χ4v) is 5.91. The molecule has 0 radical (unpaired) electrons. The smallest absolute Gasteiger partial charge is 0.262 e. The van der Waals surface area contributed by atoms with Crippen molar-refractivity contribution in [1.82, 2.24) is 4.90 Å². The number of nitrogens with zero attached hydrogens (tertiary/aromatic N) is 3. The monoisotopic (exact) mass is 559 g/mol. The second-order valence-corrected chi connectivity index (χ2v) is 10.4. The van der Waals surface area contributed by atoms with Crippen LogP contribution in [0.2, 0.25) is 0 Å². The molecule has 210 valence electrons. The van der Waals surface area contributed by atoms with Gasteiger partial charge >= 0.3 is 0 Å². The van der Waals surface area contributed by atoms with E-state index in [1.54, 1.807) is 65.4 Å². The van der Waals surface area contributed by atoms with E-state index >= 15 is 0 Å². The van der Waals surface area contributed by atoms with Gasteiger partial charge < -0.3 is 14.5 Å². The van der Waals surface area contributed by atoms with Crippen LogP contribution in [0.25, 0.3) is 0 Å². The number of para-hydroxylation sites is 2. The Morgan fingerprint density at radius 2 is 1.48 bits per heavy atom. The zero-order valence-corrected chi connectivity index (χ0v) is 23.3. The molecule has 2 heterocycles. The lowest BCUT2D eigenvalue weighted by molar-refractivity contribution is -0.119. The maximum absolute atomic E-state index is 14.2. The first-order chi connectivity index (χ1) is 20.4. The van der Waals surface area contributed by atoms with E-state index in [1.165, 1.54) is 0 Å². The maximum atomic E-state index is 14.2. The molecule has 4 aromatic carbocycles. The van der Waals surface area contributed by atoms with Crippen LogP contribution in [0.4, 0.5) is 11.4 Å². The summed E-state index contributed by atoms with van der Waals surface area (Å²) in [5.74, 6) is -0.939. The number of benzene rings is 4. The molecule has 8 heteroatoms. The predicted molar refractivity (Wildman–Crippen MR) is 159 cm³/mol. The topological polar surface area (TPSA) is 87.2 Å². The summed E-state index contributed by atoms with van der Waals surface area (Å²) in [6.45, 7) is 1.56. The van der Waals surface area contributed by atoms with Gasteiger partial charge in [0.1, 0.15) is 12.3 Å². The van der Waals surface area contributed by atoms with Crippen molar-refractivity contribution in [2.45, 2.75) is 25.4 Å². The molecule has 0 saturated heterocycles. The Hall–Kier alpha value is -5.24. The molecular formula is C34H29N3O5. The summed E-state index contributed by atoms with van der Waals surface area (Å²) in [4.78, 5) is 58.6. The summed E-state index contributed by atoms with van der Waals surface area (Å²) in [7, 11) is 1.56. The molecule has 0 spiro atoms. The van der Waals surface area contributed by atoms with Crippen LogP contribution >= 0.6 is 0 Å². The third-order valence-electron chi connectivity index (χ3n) is 7.88. The molecule has 0 fully saturated rings. The first kappa shape index (κ1) is 27.0. The van der Waals surface area contributed by atoms with Crippen LogP contribution in [0.1, 0.15) is 56.0 Å². The van der Waals surface area contributed by atoms with Crippen molar-refractivity contribution >= 4 is 35.0 Å². The lowest BCUT2D eigenvalue weighted by Gasteiger charge is -2.43. The van der Waals surface area contributed by atoms with E-state index in [0.717, 1.165) is 10.5 Å². The van der Waals surface area contributed by atoms with Crippen LogP contribution in [0.5, 0.6) is 5.75 Å². The van der Waals surface area contributed by atoms with Gasteiger partial charge in [0.15, 0.2) is 0 Å². The van der Waals surface area contributed by atoms with Gasteiger partial charge in [-0.25, -0.2) is 0 Å². The van der Waals surface area contributed by atoms with Gasteiger partial charge in [0.25, 0.3) is 17.7 Å². The Morgan fingerprint density at radius 3 is 2.17 bits per heavy atom. The maximum Gasteiger partial charge on any atom is 0.262 e. The standard InChI is InChI=1S/C34H29N3O5/c1-22-19-30(28-17-8-9-18-29(28)36(22)32(39)23-11-10-14-25(20-23)42-2)37(24-12-4-3-5-13-24)31(38)21-35-33(40)26-15-6-7-16-27(26)34(35)41/h3-18,20,22,30H,19,21H2,1-2H3/t22-,30-/m1/s1. The lowest BCUT2D eigenvalue weighted by atomic mass is 9.89. The molecule has 8 nitrogen and oxygen atoms in total. The normalized spacial score (nSPS) is 17.5. The fraction of sp³-hybridized carbons (Fsp3) is 0.176. The minimum Gasteiger partial charge on any atom is -0.497 e. The summed E-state index contributed by atoms with van der Waals surface area (Å²) in [6.07, 6.45) is 0.440. The molecule has 42 heavy (non-hydrogen) atoms. The third kappa shape index (κ3) is 4.60. The van der Waals surface area contributed by atoms with Crippen LogP contribution in [0.3, 0.4) is 0 Å². The lowest BCUT2D eigenvalue weighted by Crippen LogP contribution is -2.50. The summed E-state index contributed by atoms with van der Waals surface area (Å²) >= 11 is 0. The quantitative estimate of drug-likeness (QED) is 0.291. The van der Waals surface area contributed by atoms with Crippen LogP contribution in [0.15, 0.2) is 103 Å². The number of ether oxygens (including phenoxy) is 1. The van der Waals surface area contributed by atoms with E-state index in [9.17, 15) is 19.2 Å². The van der Waals surface area contributed by atoms with E-state index in [1.807, 2.05) is 61.5 Å². The van der Waals surface area contributed by atoms with Crippen molar-refractivity contribution in [1.29, 1.82) is 0 Å². The fourth-order valence-electron chi connectivity index (χ4n) is 5.91. The molecule has 0 bridgehead atoms. The van der Waals surface area contributed by atoms with E-state index in [-0.39, 0.29) is 11.9 Å². The van der Waals surface area contributed by atoms with E-state index in [4.69, 9.17) is 4.74 Å². The second kappa shape index (κ2) is 11.0. The first-order valence-corrected chi connectivity index (χ1v) is 13.8. The Kier molecular flexibility index (Phi) is 7.04. The van der Waals surface area contributed by atoms with Crippen LogP contribution in [0, 0.1) is 0 Å². The first-order valence-electron chi connectivity index (χ1n) is 13.8. The van der Waals surface area contributed by atoms with Crippen LogP contribution < -0.4 is 14.5 Å². The zero-order chi connectivity index (χ0) is 29.4. The highest BCUT2D eigenvalue weighted by Gasteiger charge is 2.42. The molecule has 4 aromatic rings. The van der Waals surface area contributed by atoms with Gasteiger partial charge in [-0.15, -0.1) is 0 Å². The largest absolute Gasteiger partial charge is 0.497 e. The van der Waals surface area contributed by atoms with E-state index in [0.29, 0.717) is 40.2 Å². The number of hydrogen-bond acceptors (Lipinski definition) is 5. The number of imide groups is 1. The second-order valence-electron chi connectivity index (χ2n) is 10.4. The summed E-state index contributed by atoms with van der Waals surface area (Å²) < 4.78 is 5.34. The number of amides is 4. The molecule has 2 aliphatic rings. The molecule has 0 aliphatic carbocycles. The Morgan fingerprint density at radius 1 is 0.833 bits per heavy atom. The van der Waals surface area contributed by atoms with Gasteiger partial charge in [-0.05, 0) is 67.4 Å². The average molecular weight is 560 g/mol. The van der Waals surface area contributed by atoms with Crippen LogP contribution in [-0.4, -0.2) is 48.2 Å². The van der Waals surface area contributed by atoms with Gasteiger partial charge in [0.2, 0.25) is 5.91 Å². The van der Waals surface area contributed by atoms with Gasteiger partial charge in [-0.2, -0.15) is 0 Å². The third-order valence-corrected chi connectivity index (χ3v) is 7.88. The summed E-state index contributed by atoms with van der Waals surface area (Å²) in [5, 5.41) is 0. The summed E-state index contributed by atoms with van der Waals surface area (Å²) in [5.41, 5.74) is 3.22. The van der Waals surface area contributed by atoms with Crippen molar-refractivity contribution in [2.24, 2.45) is 0 Å². The highest BCUT2D eigenvalue weighted by atomic mass is 16.5. The molecule has 0 unspecified atom stereocenters. The number of fused-ring (bicyclic) bond motifs is 2. The Labute approximate surface area is 243 Å². The van der Waals surface area contributed by atoms with Gasteiger partial charge in [0, 0.05) is 23.0 Å². The zero-order valence-electron chi connectivity index (χ0n) is 23.3. The molecule has 6 rings (SSSR count). The van der Waals surface area contributed by atoms with Gasteiger partial charge in [0.05, 0.1) is 24.3 Å². The Balaban J connectivity index is 1.37. The molecule has 0 saturated carbocycles. The minimum atomic E-state index is -0.482.